The van der Waals surface area contributed by atoms with Crippen molar-refractivity contribution in [3.8, 4) is 23.0 Å². The van der Waals surface area contributed by atoms with Crippen LogP contribution in [0.3, 0.4) is 0 Å². The van der Waals surface area contributed by atoms with E-state index in [9.17, 15) is 22.8 Å². The van der Waals surface area contributed by atoms with Crippen molar-refractivity contribution in [3.63, 3.8) is 0 Å². The zero-order valence-electron chi connectivity index (χ0n) is 21.3. The Morgan fingerprint density at radius 1 is 1.03 bits per heavy atom. The minimum Gasteiger partial charge on any atom is -0.493 e. The number of alkyl halides is 3. The number of amides is 2. The van der Waals surface area contributed by atoms with Gasteiger partial charge < -0.3 is 29.2 Å². The number of aromatic nitrogens is 1. The van der Waals surface area contributed by atoms with Gasteiger partial charge in [-0.15, -0.1) is 24.5 Å². The topological polar surface area (TPSA) is 99.2 Å². The Bertz CT molecular complexity index is 1340. The van der Waals surface area contributed by atoms with Gasteiger partial charge in [0, 0.05) is 36.1 Å². The second-order valence-electron chi connectivity index (χ2n) is 8.55. The van der Waals surface area contributed by atoms with Crippen LogP contribution in [0.4, 0.5) is 18.9 Å². The molecular formula is C26H26F3N3O6S. The molecule has 9 nitrogen and oxygen atoms in total. The maximum atomic E-state index is 13.3. The summed E-state index contributed by atoms with van der Waals surface area (Å²) in [5.41, 5.74) is 0.672. The van der Waals surface area contributed by atoms with Crippen LogP contribution in [0.2, 0.25) is 0 Å². The number of nitrogens with one attached hydrogen (secondary N) is 1. The summed E-state index contributed by atoms with van der Waals surface area (Å²) >= 11 is 1.33. The first-order valence-electron chi connectivity index (χ1n) is 11.8. The average molecular weight is 566 g/mol. The van der Waals surface area contributed by atoms with Crippen LogP contribution in [0.1, 0.15) is 44.6 Å². The fourth-order valence-corrected chi connectivity index (χ4v) is 5.29. The quantitative estimate of drug-likeness (QED) is 0.394. The Balaban J connectivity index is 1.38. The molecule has 0 aliphatic carbocycles. The number of thiazole rings is 1. The standard InChI is InChI=1S/C26H26F3N3O6S/c1-35-20-8-7-18(21(36-2)22(20)37-3)25(34)32-11-9-15(10-12-32)24-31-19(14-39-24)23(33)30-16-5-4-6-17(13-16)38-26(27,28)29/h4-8,13-15H,9-12H2,1-3H3,(H,30,33). The summed E-state index contributed by atoms with van der Waals surface area (Å²) in [7, 11) is 4.44. The predicted octanol–water partition coefficient (Wildman–Crippen LogP) is 5.34. The largest absolute Gasteiger partial charge is 0.573 e. The van der Waals surface area contributed by atoms with Crippen LogP contribution in [-0.2, 0) is 0 Å². The number of anilines is 1. The molecule has 208 valence electrons. The molecule has 1 fully saturated rings. The van der Waals surface area contributed by atoms with Gasteiger partial charge in [0.2, 0.25) is 5.75 Å². The van der Waals surface area contributed by atoms with E-state index in [1.807, 2.05) is 0 Å². The van der Waals surface area contributed by atoms with E-state index >= 15 is 0 Å². The van der Waals surface area contributed by atoms with E-state index in [0.29, 0.717) is 48.7 Å². The molecule has 13 heteroatoms. The SMILES string of the molecule is COc1ccc(C(=O)N2CCC(c3nc(C(=O)Nc4cccc(OC(F)(F)F)c4)cs3)CC2)c(OC)c1OC. The van der Waals surface area contributed by atoms with Gasteiger partial charge in [0.25, 0.3) is 11.8 Å². The smallest absolute Gasteiger partial charge is 0.493 e. The van der Waals surface area contributed by atoms with Crippen molar-refractivity contribution in [2.75, 3.05) is 39.7 Å². The van der Waals surface area contributed by atoms with Crippen molar-refractivity contribution in [1.29, 1.82) is 0 Å². The Labute approximate surface area is 226 Å². The van der Waals surface area contributed by atoms with Crippen molar-refractivity contribution in [2.24, 2.45) is 0 Å². The third kappa shape index (κ3) is 6.53. The van der Waals surface area contributed by atoms with Gasteiger partial charge in [0.1, 0.15) is 11.4 Å². The van der Waals surface area contributed by atoms with E-state index in [1.54, 1.807) is 22.4 Å². The summed E-state index contributed by atoms with van der Waals surface area (Å²) in [6, 6.07) is 8.32. The fourth-order valence-electron chi connectivity index (χ4n) is 4.32. The average Bonchev–Trinajstić information content (AvgIpc) is 3.41. The lowest BCUT2D eigenvalue weighted by atomic mass is 9.97. The highest BCUT2D eigenvalue weighted by atomic mass is 32.1. The molecule has 2 amide bonds. The first kappa shape index (κ1) is 28.0. The van der Waals surface area contributed by atoms with Crippen molar-refractivity contribution < 1.29 is 41.7 Å². The Kier molecular flexibility index (Phi) is 8.48. The zero-order valence-corrected chi connectivity index (χ0v) is 22.1. The Hall–Kier alpha value is -4.00. The van der Waals surface area contributed by atoms with Gasteiger partial charge >= 0.3 is 6.36 Å². The highest BCUT2D eigenvalue weighted by molar-refractivity contribution is 7.10. The molecule has 1 aliphatic rings. The first-order chi connectivity index (χ1) is 18.6. The normalized spacial score (nSPS) is 14.1. The monoisotopic (exact) mass is 565 g/mol. The number of hydrogen-bond acceptors (Lipinski definition) is 8. The molecule has 0 unspecified atom stereocenters. The molecule has 0 bridgehead atoms. The van der Waals surface area contributed by atoms with Crippen LogP contribution >= 0.6 is 11.3 Å². The Morgan fingerprint density at radius 2 is 1.74 bits per heavy atom. The van der Waals surface area contributed by atoms with E-state index in [-0.39, 0.29) is 23.2 Å². The molecule has 3 aromatic rings. The van der Waals surface area contributed by atoms with Crippen LogP contribution in [0.25, 0.3) is 0 Å². The highest BCUT2D eigenvalue weighted by Crippen LogP contribution is 2.41. The third-order valence-electron chi connectivity index (χ3n) is 6.15. The summed E-state index contributed by atoms with van der Waals surface area (Å²) in [6.07, 6.45) is -3.54. The van der Waals surface area contributed by atoms with Gasteiger partial charge in [-0.05, 0) is 37.1 Å². The molecule has 0 saturated carbocycles. The summed E-state index contributed by atoms with van der Waals surface area (Å²) in [5.74, 6) is -0.0285. The minimum absolute atomic E-state index is 0.0522. The fraction of sp³-hybridized carbons (Fsp3) is 0.346. The first-order valence-corrected chi connectivity index (χ1v) is 12.7. The number of ether oxygens (including phenoxy) is 4. The summed E-state index contributed by atoms with van der Waals surface area (Å²) in [5, 5.41) is 4.90. The second-order valence-corrected chi connectivity index (χ2v) is 9.44. The number of carbonyl (C=O) groups is 2. The van der Waals surface area contributed by atoms with Crippen LogP contribution in [-0.4, -0.2) is 62.5 Å². The number of carbonyl (C=O) groups excluding carboxylic acids is 2. The molecule has 0 atom stereocenters. The van der Waals surface area contributed by atoms with Gasteiger partial charge in [-0.1, -0.05) is 6.07 Å². The molecule has 2 heterocycles. The molecule has 39 heavy (non-hydrogen) atoms. The maximum absolute atomic E-state index is 13.3. The lowest BCUT2D eigenvalue weighted by Crippen LogP contribution is -2.38. The number of halogens is 3. The molecule has 0 spiro atoms. The number of rotatable bonds is 8. The van der Waals surface area contributed by atoms with E-state index in [2.05, 4.69) is 15.0 Å². The van der Waals surface area contributed by atoms with Gasteiger partial charge in [0.05, 0.1) is 31.9 Å². The van der Waals surface area contributed by atoms with Crippen molar-refractivity contribution in [3.05, 3.63) is 58.0 Å². The van der Waals surface area contributed by atoms with Crippen LogP contribution in [0, 0.1) is 0 Å². The molecule has 1 aromatic heterocycles. The molecule has 2 aromatic carbocycles. The zero-order chi connectivity index (χ0) is 28.2. The Morgan fingerprint density at radius 3 is 2.38 bits per heavy atom. The summed E-state index contributed by atoms with van der Waals surface area (Å²) < 4.78 is 57.4. The number of methoxy groups -OCH3 is 3. The molecule has 0 radical (unpaired) electrons. The van der Waals surface area contributed by atoms with E-state index in [4.69, 9.17) is 14.2 Å². The van der Waals surface area contributed by atoms with Crippen LogP contribution in [0.15, 0.2) is 41.8 Å². The van der Waals surface area contributed by atoms with Gasteiger partial charge in [-0.3, -0.25) is 9.59 Å². The second kappa shape index (κ2) is 11.8. The molecule has 1 N–H and O–H groups in total. The van der Waals surface area contributed by atoms with Gasteiger partial charge in [-0.25, -0.2) is 4.98 Å². The molecule has 1 aliphatic heterocycles. The number of piperidine rings is 1. The van der Waals surface area contributed by atoms with Crippen molar-refractivity contribution in [1.82, 2.24) is 9.88 Å². The van der Waals surface area contributed by atoms with E-state index < -0.39 is 18.0 Å². The molecular weight excluding hydrogens is 539 g/mol. The highest BCUT2D eigenvalue weighted by Gasteiger charge is 2.32. The van der Waals surface area contributed by atoms with Gasteiger partial charge in [0.15, 0.2) is 11.5 Å². The number of benzene rings is 2. The number of likely N-dealkylation sites (tertiary alicyclic amines) is 1. The summed E-state index contributed by atoms with van der Waals surface area (Å²) in [6.45, 7) is 0.961. The van der Waals surface area contributed by atoms with Crippen LogP contribution in [0.5, 0.6) is 23.0 Å². The van der Waals surface area contributed by atoms with Crippen LogP contribution < -0.4 is 24.3 Å². The third-order valence-corrected chi connectivity index (χ3v) is 7.15. The minimum atomic E-state index is -4.83. The maximum Gasteiger partial charge on any atom is 0.573 e. The van der Waals surface area contributed by atoms with Gasteiger partial charge in [-0.2, -0.15) is 0 Å². The van der Waals surface area contributed by atoms with Crippen molar-refractivity contribution in [2.45, 2.75) is 25.1 Å². The predicted molar refractivity (Wildman–Crippen MR) is 137 cm³/mol. The number of nitrogens with zero attached hydrogens (tertiary/aromatic N) is 2. The van der Waals surface area contributed by atoms with E-state index in [0.717, 1.165) is 17.1 Å². The molecule has 1 saturated heterocycles. The number of hydrogen-bond donors (Lipinski definition) is 1. The summed E-state index contributed by atoms with van der Waals surface area (Å²) in [4.78, 5) is 32.1. The lowest BCUT2D eigenvalue weighted by Gasteiger charge is -2.31. The lowest BCUT2D eigenvalue weighted by molar-refractivity contribution is -0.274. The van der Waals surface area contributed by atoms with Crippen molar-refractivity contribution >= 4 is 28.8 Å². The van der Waals surface area contributed by atoms with E-state index in [1.165, 1.54) is 44.8 Å². The molecule has 4 rings (SSSR count).